The van der Waals surface area contributed by atoms with E-state index in [4.69, 9.17) is 4.74 Å². The van der Waals surface area contributed by atoms with Gasteiger partial charge in [0.15, 0.2) is 0 Å². The van der Waals surface area contributed by atoms with Crippen molar-refractivity contribution in [3.63, 3.8) is 0 Å². The van der Waals surface area contributed by atoms with E-state index >= 15 is 0 Å². The molecule has 0 aromatic rings. The number of carbonyl (C=O) groups excluding carboxylic acids is 2. The Morgan fingerprint density at radius 1 is 1.18 bits per heavy atom. The number of esters is 1. The second kappa shape index (κ2) is 10.5. The summed E-state index contributed by atoms with van der Waals surface area (Å²) >= 11 is 3.19. The van der Waals surface area contributed by atoms with Crippen molar-refractivity contribution in [2.24, 2.45) is 0 Å². The summed E-state index contributed by atoms with van der Waals surface area (Å²) < 4.78 is 4.94. The lowest BCUT2D eigenvalue weighted by Gasteiger charge is -2.08. The lowest BCUT2D eigenvalue weighted by Crippen LogP contribution is -2.27. The van der Waals surface area contributed by atoms with Crippen molar-refractivity contribution >= 4 is 35.4 Å². The average Bonchev–Trinajstić information content (AvgIpc) is 2.31. The third-order valence-electron chi connectivity index (χ3n) is 1.78. The van der Waals surface area contributed by atoms with E-state index in [0.717, 1.165) is 11.5 Å². The van der Waals surface area contributed by atoms with E-state index in [0.29, 0.717) is 12.8 Å². The van der Waals surface area contributed by atoms with Crippen LogP contribution in [0.3, 0.4) is 0 Å². The van der Waals surface area contributed by atoms with Gasteiger partial charge in [-0.25, -0.2) is 0 Å². The van der Waals surface area contributed by atoms with Crippen LogP contribution < -0.4 is 5.32 Å². The predicted octanol–water partition coefficient (Wildman–Crippen LogP) is 1.67. The Balaban J connectivity index is 3.65. The zero-order valence-corrected chi connectivity index (χ0v) is 11.9. The molecule has 0 aromatic carbocycles. The van der Waals surface area contributed by atoms with E-state index in [1.807, 2.05) is 12.5 Å². The number of amides is 1. The monoisotopic (exact) mass is 277 g/mol. The summed E-state index contributed by atoms with van der Waals surface area (Å²) in [5, 5.41) is 2.64. The quantitative estimate of drug-likeness (QED) is 0.513. The zero-order chi connectivity index (χ0) is 13.1. The molecule has 17 heavy (non-hydrogen) atoms. The van der Waals surface area contributed by atoms with Gasteiger partial charge in [-0.05, 0) is 12.5 Å². The molecule has 0 aliphatic rings. The summed E-state index contributed by atoms with van der Waals surface area (Å²) in [5.74, 6) is 1.44. The van der Waals surface area contributed by atoms with Crippen LogP contribution in [0.2, 0.25) is 0 Å². The topological polar surface area (TPSA) is 55.4 Å². The second-order valence-electron chi connectivity index (χ2n) is 3.28. The fourth-order valence-electron chi connectivity index (χ4n) is 0.914. The van der Waals surface area contributed by atoms with Crippen LogP contribution in [0.1, 0.15) is 12.8 Å². The molecule has 0 atom stereocenters. The van der Waals surface area contributed by atoms with E-state index in [1.165, 1.54) is 0 Å². The number of thioether (sulfide) groups is 2. The minimum Gasteiger partial charge on any atom is -0.430 e. The minimum absolute atomic E-state index is 0.0549. The number of carbonyl (C=O) groups is 2. The van der Waals surface area contributed by atoms with Crippen molar-refractivity contribution in [1.29, 1.82) is 0 Å². The van der Waals surface area contributed by atoms with Crippen LogP contribution in [0.25, 0.3) is 0 Å². The molecule has 0 aromatic heterocycles. The zero-order valence-electron chi connectivity index (χ0n) is 10.3. The van der Waals surface area contributed by atoms with Crippen LogP contribution in [0.4, 0.5) is 0 Å². The molecule has 0 radical (unpaired) electrons. The first-order valence-electron chi connectivity index (χ1n) is 5.23. The van der Waals surface area contributed by atoms with Gasteiger partial charge in [-0.2, -0.15) is 23.5 Å². The van der Waals surface area contributed by atoms with Gasteiger partial charge in [-0.3, -0.25) is 9.59 Å². The number of hydrogen-bond donors (Lipinski definition) is 1. The molecular weight excluding hydrogens is 258 g/mol. The van der Waals surface area contributed by atoms with Crippen molar-refractivity contribution in [2.75, 3.05) is 30.6 Å². The molecule has 0 unspecified atom stereocenters. The van der Waals surface area contributed by atoms with Gasteiger partial charge in [0.05, 0.1) is 13.0 Å². The van der Waals surface area contributed by atoms with Crippen molar-refractivity contribution in [3.8, 4) is 0 Å². The standard InChI is InChI=1S/C11H19NO3S2/c1-9(15-11(14)5-7-17-3)8-12-10(13)4-6-16-2/h1,4-8H2,2-3H3,(H,12,13). The van der Waals surface area contributed by atoms with Crippen LogP contribution in [0.15, 0.2) is 12.3 Å². The third-order valence-corrected chi connectivity index (χ3v) is 3.01. The highest BCUT2D eigenvalue weighted by molar-refractivity contribution is 7.98. The molecule has 4 nitrogen and oxygen atoms in total. The van der Waals surface area contributed by atoms with Crippen LogP contribution in [0, 0.1) is 0 Å². The van der Waals surface area contributed by atoms with E-state index < -0.39 is 0 Å². The third kappa shape index (κ3) is 10.3. The van der Waals surface area contributed by atoms with Crippen LogP contribution >= 0.6 is 23.5 Å². The fourth-order valence-corrected chi connectivity index (χ4v) is 1.67. The van der Waals surface area contributed by atoms with Gasteiger partial charge in [-0.15, -0.1) is 0 Å². The lowest BCUT2D eigenvalue weighted by atomic mass is 10.4. The lowest BCUT2D eigenvalue weighted by molar-refractivity contribution is -0.139. The number of nitrogens with one attached hydrogen (secondary N) is 1. The summed E-state index contributed by atoms with van der Waals surface area (Å²) in [5.41, 5.74) is 0. The van der Waals surface area contributed by atoms with Crippen molar-refractivity contribution in [3.05, 3.63) is 12.3 Å². The molecule has 0 aliphatic carbocycles. The fraction of sp³-hybridized carbons (Fsp3) is 0.636. The van der Waals surface area contributed by atoms with Crippen LogP contribution in [-0.4, -0.2) is 42.4 Å². The van der Waals surface area contributed by atoms with Crippen LogP contribution in [-0.2, 0) is 14.3 Å². The molecule has 0 saturated heterocycles. The summed E-state index contributed by atoms with van der Waals surface area (Å²) in [6.07, 6.45) is 4.70. The molecule has 0 fully saturated rings. The Kier molecular flexibility index (Phi) is 10.1. The van der Waals surface area contributed by atoms with E-state index in [9.17, 15) is 9.59 Å². The Bertz CT molecular complexity index is 269. The molecule has 0 saturated carbocycles. The molecule has 0 aliphatic heterocycles. The van der Waals surface area contributed by atoms with Gasteiger partial charge in [0.2, 0.25) is 5.91 Å². The molecule has 0 bridgehead atoms. The molecule has 0 rings (SSSR count). The summed E-state index contributed by atoms with van der Waals surface area (Å²) in [7, 11) is 0. The van der Waals surface area contributed by atoms with E-state index in [-0.39, 0.29) is 24.2 Å². The van der Waals surface area contributed by atoms with Crippen molar-refractivity contribution in [2.45, 2.75) is 12.8 Å². The normalized spacial score (nSPS) is 9.76. The predicted molar refractivity (Wildman–Crippen MR) is 74.2 cm³/mol. The molecule has 98 valence electrons. The van der Waals surface area contributed by atoms with Crippen molar-refractivity contribution < 1.29 is 14.3 Å². The maximum atomic E-state index is 11.3. The first-order valence-corrected chi connectivity index (χ1v) is 8.02. The minimum atomic E-state index is -0.303. The van der Waals surface area contributed by atoms with Gasteiger partial charge in [0.25, 0.3) is 0 Å². The van der Waals surface area contributed by atoms with Gasteiger partial charge >= 0.3 is 5.97 Å². The average molecular weight is 277 g/mol. The molecule has 1 N–H and O–H groups in total. The molecule has 0 heterocycles. The van der Waals surface area contributed by atoms with Gasteiger partial charge in [0.1, 0.15) is 5.76 Å². The SMILES string of the molecule is C=C(CNC(=O)CCSC)OC(=O)CCSC. The summed E-state index contributed by atoms with van der Waals surface area (Å²) in [4.78, 5) is 22.5. The summed E-state index contributed by atoms with van der Waals surface area (Å²) in [6.45, 7) is 3.78. The number of hydrogen-bond acceptors (Lipinski definition) is 5. The first kappa shape index (κ1) is 16.4. The largest absolute Gasteiger partial charge is 0.430 e. The highest BCUT2D eigenvalue weighted by Gasteiger charge is 2.06. The van der Waals surface area contributed by atoms with Crippen molar-refractivity contribution in [1.82, 2.24) is 5.32 Å². The Morgan fingerprint density at radius 3 is 2.35 bits per heavy atom. The maximum Gasteiger partial charge on any atom is 0.311 e. The smallest absolute Gasteiger partial charge is 0.311 e. The maximum absolute atomic E-state index is 11.3. The van der Waals surface area contributed by atoms with E-state index in [2.05, 4.69) is 11.9 Å². The molecule has 1 amide bonds. The second-order valence-corrected chi connectivity index (χ2v) is 5.25. The summed E-state index contributed by atoms with van der Waals surface area (Å²) in [6, 6.07) is 0. The van der Waals surface area contributed by atoms with Gasteiger partial charge < -0.3 is 10.1 Å². The van der Waals surface area contributed by atoms with E-state index in [1.54, 1.807) is 23.5 Å². The first-order chi connectivity index (χ1) is 8.10. The molecule has 0 spiro atoms. The highest BCUT2D eigenvalue weighted by atomic mass is 32.2. The van der Waals surface area contributed by atoms with Gasteiger partial charge in [-0.1, -0.05) is 6.58 Å². The molecular formula is C11H19NO3S2. The Labute approximate surface area is 111 Å². The highest BCUT2D eigenvalue weighted by Crippen LogP contribution is 2.01. The van der Waals surface area contributed by atoms with Gasteiger partial charge in [0, 0.05) is 17.9 Å². The molecule has 6 heteroatoms. The number of rotatable bonds is 9. The Hall–Kier alpha value is -0.620. The number of ether oxygens (including phenoxy) is 1. The Morgan fingerprint density at radius 2 is 1.76 bits per heavy atom. The van der Waals surface area contributed by atoms with Crippen LogP contribution in [0.5, 0.6) is 0 Å².